The molecule has 0 unspecified atom stereocenters. The van der Waals surface area contributed by atoms with Crippen molar-refractivity contribution in [1.82, 2.24) is 4.90 Å². The molecule has 0 radical (unpaired) electrons. The number of primary amides is 1. The van der Waals surface area contributed by atoms with Gasteiger partial charge in [0.25, 0.3) is 6.43 Å². The van der Waals surface area contributed by atoms with E-state index < -0.39 is 12.3 Å². The highest BCUT2D eigenvalue weighted by molar-refractivity contribution is 5.73. The van der Waals surface area contributed by atoms with Gasteiger partial charge in [0.2, 0.25) is 5.91 Å². The summed E-state index contributed by atoms with van der Waals surface area (Å²) in [5, 5.41) is 0. The van der Waals surface area contributed by atoms with Gasteiger partial charge in [-0.15, -0.1) is 0 Å². The van der Waals surface area contributed by atoms with Gasteiger partial charge in [-0.05, 0) is 7.05 Å². The smallest absolute Gasteiger partial charge is 0.251 e. The molecule has 0 aromatic rings. The van der Waals surface area contributed by atoms with Crippen LogP contribution in [0, 0.1) is 0 Å². The average Bonchev–Trinajstić information content (AvgIpc) is 1.82. The van der Waals surface area contributed by atoms with Gasteiger partial charge in [-0.25, -0.2) is 8.78 Å². The van der Waals surface area contributed by atoms with E-state index in [1.165, 1.54) is 11.9 Å². The Morgan fingerprint density at radius 1 is 1.64 bits per heavy atom. The van der Waals surface area contributed by atoms with E-state index in [9.17, 15) is 13.6 Å². The van der Waals surface area contributed by atoms with Crippen LogP contribution in [0.2, 0.25) is 0 Å². The Kier molecular flexibility index (Phi) is 4.69. The quantitative estimate of drug-likeness (QED) is 0.627. The number of amides is 1. The van der Waals surface area contributed by atoms with E-state index in [0.29, 0.717) is 6.54 Å². The van der Waals surface area contributed by atoms with Gasteiger partial charge in [-0.3, -0.25) is 4.79 Å². The van der Waals surface area contributed by atoms with Crippen LogP contribution in [0.15, 0.2) is 0 Å². The summed E-state index contributed by atoms with van der Waals surface area (Å²) in [5.74, 6) is -0.467. The maximum absolute atomic E-state index is 11.7. The summed E-state index contributed by atoms with van der Waals surface area (Å²) < 4.78 is 23.3. The van der Waals surface area contributed by atoms with Gasteiger partial charge in [-0.2, -0.15) is 0 Å². The van der Waals surface area contributed by atoms with E-state index >= 15 is 0 Å². The fraction of sp³-hybridized carbons (Fsp3) is 0.833. The number of carbonyl (C=O) groups is 1. The zero-order valence-corrected chi connectivity index (χ0v) is 6.39. The van der Waals surface area contributed by atoms with Crippen LogP contribution in [0.1, 0.15) is 6.42 Å². The Hall–Kier alpha value is -0.710. The molecule has 0 atom stereocenters. The normalized spacial score (nSPS) is 11.0. The Bertz CT molecular complexity index is 130. The molecule has 0 aliphatic carbocycles. The van der Waals surface area contributed by atoms with Crippen molar-refractivity contribution < 1.29 is 13.6 Å². The molecule has 0 saturated heterocycles. The van der Waals surface area contributed by atoms with Crippen molar-refractivity contribution in [3.8, 4) is 0 Å². The molecule has 0 fully saturated rings. The Morgan fingerprint density at radius 3 is 2.55 bits per heavy atom. The largest absolute Gasteiger partial charge is 0.370 e. The topological polar surface area (TPSA) is 46.3 Å². The summed E-state index contributed by atoms with van der Waals surface area (Å²) in [6.07, 6.45) is -2.23. The SMILES string of the molecule is CN(CCC(N)=O)CC(F)F. The zero-order valence-electron chi connectivity index (χ0n) is 6.39. The minimum absolute atomic E-state index is 0.128. The van der Waals surface area contributed by atoms with Gasteiger partial charge in [0.15, 0.2) is 0 Å². The molecule has 0 saturated carbocycles. The fourth-order valence-corrected chi connectivity index (χ4v) is 0.628. The van der Waals surface area contributed by atoms with Crippen molar-refractivity contribution in [2.45, 2.75) is 12.8 Å². The van der Waals surface area contributed by atoms with Crippen molar-refractivity contribution >= 4 is 5.91 Å². The highest BCUT2D eigenvalue weighted by Crippen LogP contribution is 1.95. The highest BCUT2D eigenvalue weighted by atomic mass is 19.3. The minimum atomic E-state index is -2.35. The van der Waals surface area contributed by atoms with E-state index in [0.717, 1.165) is 0 Å². The van der Waals surface area contributed by atoms with Gasteiger partial charge in [-0.1, -0.05) is 0 Å². The molecule has 2 N–H and O–H groups in total. The molecular formula is C6H12F2N2O. The van der Waals surface area contributed by atoms with Gasteiger partial charge in [0, 0.05) is 13.0 Å². The number of hydrogen-bond acceptors (Lipinski definition) is 2. The van der Waals surface area contributed by atoms with Crippen molar-refractivity contribution in [1.29, 1.82) is 0 Å². The second-order valence-corrected chi connectivity index (χ2v) is 2.37. The van der Waals surface area contributed by atoms with Crippen molar-refractivity contribution in [3.05, 3.63) is 0 Å². The third kappa shape index (κ3) is 7.18. The first-order valence-electron chi connectivity index (χ1n) is 3.27. The predicted molar refractivity (Wildman–Crippen MR) is 37.3 cm³/mol. The predicted octanol–water partition coefficient (Wildman–Crippen LogP) is 0.0587. The van der Waals surface area contributed by atoms with Gasteiger partial charge in [0.1, 0.15) is 0 Å². The van der Waals surface area contributed by atoms with Crippen LogP contribution < -0.4 is 5.73 Å². The van der Waals surface area contributed by atoms with Crippen LogP contribution in [0.4, 0.5) is 8.78 Å². The summed E-state index contributed by atoms with van der Waals surface area (Å²) in [5.41, 5.74) is 4.82. The van der Waals surface area contributed by atoms with E-state index in [4.69, 9.17) is 5.73 Å². The van der Waals surface area contributed by atoms with Crippen LogP contribution in [0.3, 0.4) is 0 Å². The standard InChI is InChI=1S/C6H12F2N2O/c1-10(4-5(7)8)3-2-6(9)11/h5H,2-4H2,1H3,(H2,9,11). The monoisotopic (exact) mass is 166 g/mol. The molecule has 66 valence electrons. The number of halogens is 2. The molecule has 0 heterocycles. The average molecular weight is 166 g/mol. The molecule has 3 nitrogen and oxygen atoms in total. The molecule has 0 aromatic carbocycles. The maximum atomic E-state index is 11.7. The number of nitrogens with zero attached hydrogens (tertiary/aromatic N) is 1. The minimum Gasteiger partial charge on any atom is -0.370 e. The molecule has 0 aliphatic heterocycles. The lowest BCUT2D eigenvalue weighted by molar-refractivity contribution is -0.118. The summed E-state index contributed by atoms with van der Waals surface area (Å²) in [6.45, 7) is -0.0209. The van der Waals surface area contributed by atoms with E-state index in [2.05, 4.69) is 0 Å². The summed E-state index contributed by atoms with van der Waals surface area (Å²) in [7, 11) is 1.52. The van der Waals surface area contributed by atoms with Crippen LogP contribution >= 0.6 is 0 Å². The van der Waals surface area contributed by atoms with Gasteiger partial charge < -0.3 is 10.6 Å². The lowest BCUT2D eigenvalue weighted by atomic mass is 10.4. The van der Waals surface area contributed by atoms with Crippen molar-refractivity contribution in [3.63, 3.8) is 0 Å². The molecule has 0 spiro atoms. The molecule has 5 heteroatoms. The first-order valence-corrected chi connectivity index (χ1v) is 3.27. The summed E-state index contributed by atoms with van der Waals surface area (Å²) in [4.78, 5) is 11.6. The summed E-state index contributed by atoms with van der Waals surface area (Å²) in [6, 6.07) is 0. The molecule has 0 bridgehead atoms. The molecular weight excluding hydrogens is 154 g/mol. The number of alkyl halides is 2. The molecule has 0 aromatic heterocycles. The first kappa shape index (κ1) is 10.3. The van der Waals surface area contributed by atoms with Crippen molar-refractivity contribution in [2.75, 3.05) is 20.1 Å². The number of rotatable bonds is 5. The molecule has 11 heavy (non-hydrogen) atoms. The Labute approximate surface area is 64.2 Å². The fourth-order valence-electron chi connectivity index (χ4n) is 0.628. The molecule has 0 aliphatic rings. The van der Waals surface area contributed by atoms with Gasteiger partial charge in [0.05, 0.1) is 6.54 Å². The third-order valence-corrected chi connectivity index (χ3v) is 1.19. The Morgan fingerprint density at radius 2 is 2.18 bits per heavy atom. The lowest BCUT2D eigenvalue weighted by Gasteiger charge is -2.13. The van der Waals surface area contributed by atoms with Crippen LogP contribution in [-0.2, 0) is 4.79 Å². The lowest BCUT2D eigenvalue weighted by Crippen LogP contribution is -2.28. The van der Waals surface area contributed by atoms with Crippen LogP contribution in [0.5, 0.6) is 0 Å². The van der Waals surface area contributed by atoms with E-state index in [1.54, 1.807) is 0 Å². The molecule has 1 amide bonds. The zero-order chi connectivity index (χ0) is 8.85. The van der Waals surface area contributed by atoms with Crippen LogP contribution in [-0.4, -0.2) is 37.4 Å². The Balaban J connectivity index is 3.37. The van der Waals surface area contributed by atoms with E-state index in [-0.39, 0.29) is 13.0 Å². The number of nitrogens with two attached hydrogens (primary N) is 1. The number of hydrogen-bond donors (Lipinski definition) is 1. The first-order chi connectivity index (χ1) is 5.02. The molecule has 0 rings (SSSR count). The highest BCUT2D eigenvalue weighted by Gasteiger charge is 2.07. The van der Waals surface area contributed by atoms with Crippen LogP contribution in [0.25, 0.3) is 0 Å². The second-order valence-electron chi connectivity index (χ2n) is 2.37. The van der Waals surface area contributed by atoms with Crippen molar-refractivity contribution in [2.24, 2.45) is 5.73 Å². The third-order valence-electron chi connectivity index (χ3n) is 1.19. The number of carbonyl (C=O) groups excluding carboxylic acids is 1. The van der Waals surface area contributed by atoms with Gasteiger partial charge >= 0.3 is 0 Å². The maximum Gasteiger partial charge on any atom is 0.251 e. The second kappa shape index (κ2) is 5.01. The van der Waals surface area contributed by atoms with E-state index in [1.807, 2.05) is 0 Å². The summed E-state index contributed by atoms with van der Waals surface area (Å²) >= 11 is 0.